The van der Waals surface area contributed by atoms with Crippen LogP contribution in [0.15, 0.2) is 12.3 Å². The molecule has 5 nitrogen and oxygen atoms in total. The molecular formula is C12H21N3O2. The van der Waals surface area contributed by atoms with E-state index in [1.807, 2.05) is 19.3 Å². The van der Waals surface area contributed by atoms with Gasteiger partial charge in [-0.3, -0.25) is 9.48 Å². The molecule has 96 valence electrons. The summed E-state index contributed by atoms with van der Waals surface area (Å²) in [5, 5.41) is 16.1. The van der Waals surface area contributed by atoms with Crippen molar-refractivity contribution in [2.75, 3.05) is 13.1 Å². The number of carbonyl (C=O) groups is 1. The summed E-state index contributed by atoms with van der Waals surface area (Å²) < 4.78 is 1.81. The summed E-state index contributed by atoms with van der Waals surface area (Å²) in [6, 6.07) is 2.02. The minimum atomic E-state index is -0.701. The molecule has 0 aromatic carbocycles. The van der Waals surface area contributed by atoms with Gasteiger partial charge >= 0.3 is 5.97 Å². The van der Waals surface area contributed by atoms with Gasteiger partial charge in [0, 0.05) is 32.6 Å². The molecule has 0 saturated carbocycles. The number of carboxylic acid groups (broad SMARTS) is 1. The van der Waals surface area contributed by atoms with Crippen LogP contribution in [0.5, 0.6) is 0 Å². The van der Waals surface area contributed by atoms with Crippen molar-refractivity contribution >= 4 is 5.97 Å². The SMILES string of the molecule is Cn1ccc(CCNCCCCCC(=O)O)n1. The molecule has 0 aliphatic heterocycles. The second-order valence-electron chi connectivity index (χ2n) is 4.19. The Labute approximate surface area is 102 Å². The Hall–Kier alpha value is -1.36. The maximum atomic E-state index is 10.3. The summed E-state index contributed by atoms with van der Waals surface area (Å²) in [7, 11) is 1.92. The third kappa shape index (κ3) is 6.73. The lowest BCUT2D eigenvalue weighted by Gasteiger charge is -2.02. The average molecular weight is 239 g/mol. The van der Waals surface area contributed by atoms with E-state index in [4.69, 9.17) is 5.11 Å². The molecule has 0 amide bonds. The number of rotatable bonds is 9. The first-order valence-electron chi connectivity index (χ1n) is 6.09. The molecular weight excluding hydrogens is 218 g/mol. The van der Waals surface area contributed by atoms with Crippen molar-refractivity contribution in [2.45, 2.75) is 32.1 Å². The second-order valence-corrected chi connectivity index (χ2v) is 4.19. The molecule has 0 spiro atoms. The van der Waals surface area contributed by atoms with Crippen LogP contribution in [0.1, 0.15) is 31.4 Å². The van der Waals surface area contributed by atoms with Crippen molar-refractivity contribution in [3.63, 3.8) is 0 Å². The van der Waals surface area contributed by atoms with Crippen LogP contribution in [0.3, 0.4) is 0 Å². The lowest BCUT2D eigenvalue weighted by molar-refractivity contribution is -0.137. The quantitative estimate of drug-likeness (QED) is 0.635. The van der Waals surface area contributed by atoms with Crippen LogP contribution in [-0.4, -0.2) is 33.9 Å². The van der Waals surface area contributed by atoms with Gasteiger partial charge in [-0.2, -0.15) is 5.10 Å². The van der Waals surface area contributed by atoms with Crippen LogP contribution < -0.4 is 5.32 Å². The highest BCUT2D eigenvalue weighted by molar-refractivity contribution is 5.66. The third-order valence-electron chi connectivity index (χ3n) is 2.57. The monoisotopic (exact) mass is 239 g/mol. The minimum Gasteiger partial charge on any atom is -0.481 e. The Morgan fingerprint density at radius 2 is 2.24 bits per heavy atom. The Bertz CT molecular complexity index is 336. The summed E-state index contributed by atoms with van der Waals surface area (Å²) in [6.07, 6.45) is 5.96. The predicted octanol–water partition coefficient (Wildman–Crippen LogP) is 1.20. The summed E-state index contributed by atoms with van der Waals surface area (Å²) >= 11 is 0. The molecule has 0 unspecified atom stereocenters. The number of hydrogen-bond donors (Lipinski definition) is 2. The summed E-state index contributed by atoms with van der Waals surface area (Å²) in [6.45, 7) is 1.88. The van der Waals surface area contributed by atoms with Crippen LogP contribution >= 0.6 is 0 Å². The van der Waals surface area contributed by atoms with Crippen LogP contribution in [0.4, 0.5) is 0 Å². The molecule has 0 aliphatic carbocycles. The van der Waals surface area contributed by atoms with Crippen LogP contribution in [0.25, 0.3) is 0 Å². The van der Waals surface area contributed by atoms with Crippen molar-refractivity contribution in [2.24, 2.45) is 7.05 Å². The van der Waals surface area contributed by atoms with Crippen LogP contribution in [0.2, 0.25) is 0 Å². The Morgan fingerprint density at radius 1 is 1.41 bits per heavy atom. The molecule has 1 rings (SSSR count). The van der Waals surface area contributed by atoms with E-state index in [9.17, 15) is 4.79 Å². The van der Waals surface area contributed by atoms with Gasteiger partial charge in [-0.15, -0.1) is 0 Å². The van der Waals surface area contributed by atoms with E-state index in [0.717, 1.165) is 44.5 Å². The van der Waals surface area contributed by atoms with Gasteiger partial charge in [0.2, 0.25) is 0 Å². The number of aliphatic carboxylic acids is 1. The topological polar surface area (TPSA) is 67.2 Å². The molecule has 0 aliphatic rings. The predicted molar refractivity (Wildman–Crippen MR) is 65.9 cm³/mol. The number of carboxylic acids is 1. The fourth-order valence-corrected chi connectivity index (χ4v) is 1.64. The van der Waals surface area contributed by atoms with Crippen molar-refractivity contribution in [3.8, 4) is 0 Å². The maximum absolute atomic E-state index is 10.3. The lowest BCUT2D eigenvalue weighted by atomic mass is 10.2. The number of nitrogens with one attached hydrogen (secondary N) is 1. The molecule has 0 bridgehead atoms. The van der Waals surface area contributed by atoms with E-state index in [1.165, 1.54) is 0 Å². The molecule has 2 N–H and O–H groups in total. The van der Waals surface area contributed by atoms with Gasteiger partial charge in [0.25, 0.3) is 0 Å². The van der Waals surface area contributed by atoms with Gasteiger partial charge < -0.3 is 10.4 Å². The first-order chi connectivity index (χ1) is 8.18. The van der Waals surface area contributed by atoms with Gasteiger partial charge in [-0.05, 0) is 25.5 Å². The molecule has 0 saturated heterocycles. The normalized spacial score (nSPS) is 10.6. The van der Waals surface area contributed by atoms with Crippen LogP contribution in [-0.2, 0) is 18.3 Å². The highest BCUT2D eigenvalue weighted by Crippen LogP contribution is 1.99. The molecule has 0 radical (unpaired) electrons. The number of nitrogens with zero attached hydrogens (tertiary/aromatic N) is 2. The van der Waals surface area contributed by atoms with Crippen molar-refractivity contribution in [1.29, 1.82) is 0 Å². The fourth-order valence-electron chi connectivity index (χ4n) is 1.64. The first kappa shape index (κ1) is 13.7. The number of unbranched alkanes of at least 4 members (excludes halogenated alkanes) is 2. The highest BCUT2D eigenvalue weighted by atomic mass is 16.4. The summed E-state index contributed by atoms with van der Waals surface area (Å²) in [5.41, 5.74) is 1.10. The second kappa shape index (κ2) is 7.84. The van der Waals surface area contributed by atoms with E-state index in [0.29, 0.717) is 0 Å². The number of hydrogen-bond acceptors (Lipinski definition) is 3. The molecule has 1 heterocycles. The molecule has 0 fully saturated rings. The summed E-state index contributed by atoms with van der Waals surface area (Å²) in [4.78, 5) is 10.3. The van der Waals surface area contributed by atoms with E-state index < -0.39 is 5.97 Å². The Morgan fingerprint density at radius 3 is 2.88 bits per heavy atom. The Balaban J connectivity index is 1.89. The smallest absolute Gasteiger partial charge is 0.303 e. The van der Waals surface area contributed by atoms with Gasteiger partial charge in [0.05, 0.1) is 5.69 Å². The zero-order valence-electron chi connectivity index (χ0n) is 10.4. The molecule has 1 aromatic rings. The summed E-state index contributed by atoms with van der Waals surface area (Å²) in [5.74, 6) is -0.701. The van der Waals surface area contributed by atoms with Gasteiger partial charge in [0.1, 0.15) is 0 Å². The molecule has 5 heteroatoms. The van der Waals surface area contributed by atoms with E-state index in [1.54, 1.807) is 4.68 Å². The first-order valence-corrected chi connectivity index (χ1v) is 6.09. The maximum Gasteiger partial charge on any atom is 0.303 e. The van der Waals surface area contributed by atoms with Crippen molar-refractivity contribution < 1.29 is 9.90 Å². The minimum absolute atomic E-state index is 0.286. The van der Waals surface area contributed by atoms with Gasteiger partial charge in [-0.1, -0.05) is 6.42 Å². The van der Waals surface area contributed by atoms with E-state index >= 15 is 0 Å². The number of aromatic nitrogens is 2. The number of aryl methyl sites for hydroxylation is 1. The van der Waals surface area contributed by atoms with E-state index in [2.05, 4.69) is 10.4 Å². The van der Waals surface area contributed by atoms with Crippen molar-refractivity contribution in [1.82, 2.24) is 15.1 Å². The highest BCUT2D eigenvalue weighted by Gasteiger charge is 1.97. The molecule has 17 heavy (non-hydrogen) atoms. The fraction of sp³-hybridized carbons (Fsp3) is 0.667. The average Bonchev–Trinajstić information content (AvgIpc) is 2.68. The van der Waals surface area contributed by atoms with Crippen molar-refractivity contribution in [3.05, 3.63) is 18.0 Å². The third-order valence-corrected chi connectivity index (χ3v) is 2.57. The molecule has 0 atom stereocenters. The standard InChI is InChI=1S/C12H21N3O2/c1-15-10-7-11(14-15)6-9-13-8-4-2-3-5-12(16)17/h7,10,13H,2-6,8-9H2,1H3,(H,16,17). The molecule has 1 aromatic heterocycles. The van der Waals surface area contributed by atoms with Crippen LogP contribution in [0, 0.1) is 0 Å². The Kier molecular flexibility index (Phi) is 6.32. The largest absolute Gasteiger partial charge is 0.481 e. The van der Waals surface area contributed by atoms with E-state index in [-0.39, 0.29) is 6.42 Å². The lowest BCUT2D eigenvalue weighted by Crippen LogP contribution is -2.18. The zero-order valence-corrected chi connectivity index (χ0v) is 10.4. The zero-order chi connectivity index (χ0) is 12.5. The van der Waals surface area contributed by atoms with Gasteiger partial charge in [0.15, 0.2) is 0 Å². The van der Waals surface area contributed by atoms with Gasteiger partial charge in [-0.25, -0.2) is 0 Å².